The first-order valence-corrected chi connectivity index (χ1v) is 7.80. The van der Waals surface area contributed by atoms with Crippen LogP contribution in [-0.4, -0.2) is 36.8 Å². The molecule has 3 rings (SSSR count). The summed E-state index contributed by atoms with van der Waals surface area (Å²) in [6.45, 7) is 0.594. The van der Waals surface area contributed by atoms with Crippen LogP contribution in [-0.2, 0) is 10.0 Å². The molecule has 1 aliphatic carbocycles. The Morgan fingerprint density at radius 3 is 2.55 bits per heavy atom. The number of para-hydroxylation sites is 1. The lowest BCUT2D eigenvalue weighted by Crippen LogP contribution is -2.32. The summed E-state index contributed by atoms with van der Waals surface area (Å²) in [5.41, 5.74) is 5.51. The first kappa shape index (κ1) is 13.5. The molecule has 1 heterocycles. The standard InChI is InChI=1S/C12H15N3O4S/c13-11-7-14(8-12(11)5-6-12)20(18,19)10-4-2-1-3-9(10)15(16)17/h1-4,11H,5-8,13H2. The van der Waals surface area contributed by atoms with Gasteiger partial charge in [0.1, 0.15) is 0 Å². The number of nitro groups is 1. The van der Waals surface area contributed by atoms with E-state index in [1.165, 1.54) is 28.6 Å². The quantitative estimate of drug-likeness (QED) is 0.653. The Hall–Kier alpha value is -1.51. The molecule has 1 saturated heterocycles. The molecular formula is C12H15N3O4S. The summed E-state index contributed by atoms with van der Waals surface area (Å²) in [5, 5.41) is 11.0. The van der Waals surface area contributed by atoms with Crippen LogP contribution < -0.4 is 5.73 Å². The van der Waals surface area contributed by atoms with Crippen molar-refractivity contribution < 1.29 is 13.3 Å². The van der Waals surface area contributed by atoms with Gasteiger partial charge in [0.05, 0.1) is 4.92 Å². The summed E-state index contributed by atoms with van der Waals surface area (Å²) in [6.07, 6.45) is 1.86. The summed E-state index contributed by atoms with van der Waals surface area (Å²) >= 11 is 0. The van der Waals surface area contributed by atoms with Crippen LogP contribution in [0.2, 0.25) is 0 Å². The molecule has 2 N–H and O–H groups in total. The van der Waals surface area contributed by atoms with Gasteiger partial charge in [-0.1, -0.05) is 12.1 Å². The molecule has 2 aliphatic rings. The van der Waals surface area contributed by atoms with E-state index in [2.05, 4.69) is 0 Å². The van der Waals surface area contributed by atoms with E-state index >= 15 is 0 Å². The molecule has 7 nitrogen and oxygen atoms in total. The number of hydrogen-bond donors (Lipinski definition) is 1. The van der Waals surface area contributed by atoms with E-state index in [1.54, 1.807) is 0 Å². The minimum absolute atomic E-state index is 0.101. The van der Waals surface area contributed by atoms with Gasteiger partial charge in [-0.3, -0.25) is 10.1 Å². The minimum Gasteiger partial charge on any atom is -0.326 e. The second kappa shape index (κ2) is 4.24. The van der Waals surface area contributed by atoms with Crippen molar-refractivity contribution in [3.63, 3.8) is 0 Å². The van der Waals surface area contributed by atoms with Crippen LogP contribution in [0.25, 0.3) is 0 Å². The Morgan fingerprint density at radius 1 is 1.35 bits per heavy atom. The largest absolute Gasteiger partial charge is 0.326 e. The first-order chi connectivity index (χ1) is 9.37. The Morgan fingerprint density at radius 2 is 2.00 bits per heavy atom. The zero-order chi connectivity index (χ0) is 14.5. The molecule has 1 atom stereocenters. The fourth-order valence-electron chi connectivity index (χ4n) is 2.78. The lowest BCUT2D eigenvalue weighted by molar-refractivity contribution is -0.387. The summed E-state index contributed by atoms with van der Waals surface area (Å²) in [4.78, 5) is 10.1. The number of benzene rings is 1. The van der Waals surface area contributed by atoms with Gasteiger partial charge in [-0.05, 0) is 18.9 Å². The van der Waals surface area contributed by atoms with Crippen LogP contribution in [0.5, 0.6) is 0 Å². The number of nitro benzene ring substituents is 1. The molecule has 1 aromatic carbocycles. The molecule has 1 spiro atoms. The maximum atomic E-state index is 12.6. The molecule has 108 valence electrons. The van der Waals surface area contributed by atoms with Crippen molar-refractivity contribution in [3.05, 3.63) is 34.4 Å². The van der Waals surface area contributed by atoms with Crippen molar-refractivity contribution >= 4 is 15.7 Å². The highest BCUT2D eigenvalue weighted by atomic mass is 32.2. The van der Waals surface area contributed by atoms with Crippen molar-refractivity contribution in [3.8, 4) is 0 Å². The number of nitrogens with zero attached hydrogens (tertiary/aromatic N) is 2. The lowest BCUT2D eigenvalue weighted by atomic mass is 10.0. The third-order valence-electron chi connectivity index (χ3n) is 4.25. The van der Waals surface area contributed by atoms with Crippen LogP contribution in [0.3, 0.4) is 0 Å². The number of nitrogens with two attached hydrogens (primary N) is 1. The molecule has 1 saturated carbocycles. The molecular weight excluding hydrogens is 282 g/mol. The van der Waals surface area contributed by atoms with Crippen molar-refractivity contribution in [1.82, 2.24) is 4.31 Å². The second-order valence-corrected chi connectivity index (χ2v) is 7.40. The van der Waals surface area contributed by atoms with E-state index in [9.17, 15) is 18.5 Å². The molecule has 0 aromatic heterocycles. The third kappa shape index (κ3) is 1.91. The highest BCUT2D eigenvalue weighted by Gasteiger charge is 2.56. The monoisotopic (exact) mass is 297 g/mol. The van der Waals surface area contributed by atoms with Gasteiger partial charge in [-0.15, -0.1) is 0 Å². The normalized spacial score (nSPS) is 24.9. The molecule has 1 aliphatic heterocycles. The summed E-state index contributed by atoms with van der Waals surface area (Å²) < 4.78 is 26.5. The van der Waals surface area contributed by atoms with Crippen LogP contribution in [0.4, 0.5) is 5.69 Å². The van der Waals surface area contributed by atoms with Crippen molar-refractivity contribution in [1.29, 1.82) is 0 Å². The van der Waals surface area contributed by atoms with Crippen LogP contribution in [0, 0.1) is 15.5 Å². The number of sulfonamides is 1. The van der Waals surface area contributed by atoms with Gasteiger partial charge >= 0.3 is 0 Å². The van der Waals surface area contributed by atoms with Crippen molar-refractivity contribution in [2.45, 2.75) is 23.8 Å². The van der Waals surface area contributed by atoms with E-state index < -0.39 is 20.6 Å². The average molecular weight is 297 g/mol. The summed E-state index contributed by atoms with van der Waals surface area (Å²) in [6, 6.07) is 5.24. The SMILES string of the molecule is NC1CN(S(=O)(=O)c2ccccc2[N+](=O)[O-])CC12CC2. The van der Waals surface area contributed by atoms with Crippen LogP contribution >= 0.6 is 0 Å². The topological polar surface area (TPSA) is 107 Å². The van der Waals surface area contributed by atoms with E-state index in [4.69, 9.17) is 5.73 Å². The molecule has 0 radical (unpaired) electrons. The molecule has 1 unspecified atom stereocenters. The fraction of sp³-hybridized carbons (Fsp3) is 0.500. The highest BCUT2D eigenvalue weighted by Crippen LogP contribution is 2.53. The van der Waals surface area contributed by atoms with Gasteiger partial charge in [0.25, 0.3) is 5.69 Å². The van der Waals surface area contributed by atoms with Gasteiger partial charge in [-0.2, -0.15) is 4.31 Å². The molecule has 0 bridgehead atoms. The predicted octanol–water partition coefficient (Wildman–Crippen LogP) is 0.707. The Labute approximate surface area is 116 Å². The maximum absolute atomic E-state index is 12.6. The second-order valence-electron chi connectivity index (χ2n) is 5.49. The lowest BCUT2D eigenvalue weighted by Gasteiger charge is -2.16. The molecule has 2 fully saturated rings. The molecule has 1 aromatic rings. The Balaban J connectivity index is 1.99. The zero-order valence-corrected chi connectivity index (χ0v) is 11.5. The molecule has 20 heavy (non-hydrogen) atoms. The minimum atomic E-state index is -3.87. The van der Waals surface area contributed by atoms with E-state index in [1.807, 2.05) is 0 Å². The number of rotatable bonds is 3. The fourth-order valence-corrected chi connectivity index (χ4v) is 4.50. The van der Waals surface area contributed by atoms with Crippen molar-refractivity contribution in [2.24, 2.45) is 11.1 Å². The molecule has 0 amide bonds. The van der Waals surface area contributed by atoms with Crippen LogP contribution in [0.15, 0.2) is 29.2 Å². The van der Waals surface area contributed by atoms with E-state index in [0.29, 0.717) is 6.54 Å². The third-order valence-corrected chi connectivity index (χ3v) is 6.11. The van der Waals surface area contributed by atoms with E-state index in [-0.39, 0.29) is 22.9 Å². The maximum Gasteiger partial charge on any atom is 0.289 e. The van der Waals surface area contributed by atoms with Gasteiger partial charge in [0.2, 0.25) is 10.0 Å². The van der Waals surface area contributed by atoms with Gasteiger partial charge in [0.15, 0.2) is 4.90 Å². The molecule has 8 heteroatoms. The Bertz CT molecular complexity index is 669. The zero-order valence-electron chi connectivity index (χ0n) is 10.7. The predicted molar refractivity (Wildman–Crippen MR) is 71.5 cm³/mol. The van der Waals surface area contributed by atoms with Gasteiger partial charge < -0.3 is 5.73 Å². The smallest absolute Gasteiger partial charge is 0.289 e. The number of hydrogen-bond acceptors (Lipinski definition) is 5. The summed E-state index contributed by atoms with van der Waals surface area (Å²) in [5.74, 6) is 0. The van der Waals surface area contributed by atoms with Gasteiger partial charge in [0, 0.05) is 30.6 Å². The average Bonchev–Trinajstić information content (AvgIpc) is 3.10. The van der Waals surface area contributed by atoms with Crippen LogP contribution in [0.1, 0.15) is 12.8 Å². The van der Waals surface area contributed by atoms with Crippen molar-refractivity contribution in [2.75, 3.05) is 13.1 Å². The highest BCUT2D eigenvalue weighted by molar-refractivity contribution is 7.89. The van der Waals surface area contributed by atoms with E-state index in [0.717, 1.165) is 12.8 Å². The summed E-state index contributed by atoms with van der Waals surface area (Å²) in [7, 11) is -3.87. The first-order valence-electron chi connectivity index (χ1n) is 6.36. The van der Waals surface area contributed by atoms with Gasteiger partial charge in [-0.25, -0.2) is 8.42 Å². The Kier molecular flexibility index (Phi) is 2.86.